The van der Waals surface area contributed by atoms with Crippen molar-refractivity contribution in [2.75, 3.05) is 6.61 Å². The molecule has 1 aromatic carbocycles. The van der Waals surface area contributed by atoms with Crippen LogP contribution in [-0.2, 0) is 4.74 Å². The molecule has 118 valence electrons. The van der Waals surface area contributed by atoms with Gasteiger partial charge in [0.2, 0.25) is 0 Å². The third-order valence-corrected chi connectivity index (χ3v) is 3.11. The van der Waals surface area contributed by atoms with E-state index < -0.39 is 5.97 Å². The van der Waals surface area contributed by atoms with E-state index >= 15 is 0 Å². The van der Waals surface area contributed by atoms with Crippen LogP contribution in [0.4, 0.5) is 0 Å². The number of rotatable bonds is 5. The summed E-state index contributed by atoms with van der Waals surface area (Å²) >= 11 is 0. The van der Waals surface area contributed by atoms with Crippen molar-refractivity contribution in [1.82, 2.24) is 9.97 Å². The summed E-state index contributed by atoms with van der Waals surface area (Å²) < 4.78 is 5.04. The number of hydrogen-bond donors (Lipinski definition) is 0. The average Bonchev–Trinajstić information content (AvgIpc) is 2.59. The second-order valence-corrected chi connectivity index (χ2v) is 4.95. The largest absolute Gasteiger partial charge is 0.461 e. The predicted octanol–water partition coefficient (Wildman–Crippen LogP) is 3.86. The van der Waals surface area contributed by atoms with E-state index in [-0.39, 0.29) is 5.69 Å². The Morgan fingerprint density at radius 2 is 1.96 bits per heavy atom. The number of aromatic nitrogens is 2. The molecule has 23 heavy (non-hydrogen) atoms. The SMILES string of the molecule is CCCCC#Cc1cc(C(=O)OCC)nc(-c2ccccc2)n1. The molecule has 0 amide bonds. The summed E-state index contributed by atoms with van der Waals surface area (Å²) in [7, 11) is 0. The molecule has 0 fully saturated rings. The van der Waals surface area contributed by atoms with Gasteiger partial charge in [-0.1, -0.05) is 49.6 Å². The molecule has 0 unspecified atom stereocenters. The highest BCUT2D eigenvalue weighted by Gasteiger charge is 2.13. The van der Waals surface area contributed by atoms with Gasteiger partial charge in [-0.05, 0) is 19.3 Å². The van der Waals surface area contributed by atoms with Crippen LogP contribution in [0.25, 0.3) is 11.4 Å². The van der Waals surface area contributed by atoms with Crippen LogP contribution in [0.2, 0.25) is 0 Å². The molecule has 0 radical (unpaired) electrons. The van der Waals surface area contributed by atoms with Gasteiger partial charge >= 0.3 is 5.97 Å². The van der Waals surface area contributed by atoms with Gasteiger partial charge in [-0.3, -0.25) is 0 Å². The maximum atomic E-state index is 12.0. The number of unbranched alkanes of at least 4 members (excludes halogenated alkanes) is 2. The summed E-state index contributed by atoms with van der Waals surface area (Å²) in [4.78, 5) is 20.8. The standard InChI is InChI=1S/C19H20N2O2/c1-3-5-6-10-13-16-14-17(19(22)23-4-2)21-18(20-16)15-11-8-7-9-12-15/h7-9,11-12,14H,3-6H2,1-2H3. The number of esters is 1. The van der Waals surface area contributed by atoms with Crippen LogP contribution in [0, 0.1) is 11.8 Å². The number of hydrogen-bond acceptors (Lipinski definition) is 4. The second-order valence-electron chi connectivity index (χ2n) is 4.95. The highest BCUT2D eigenvalue weighted by atomic mass is 16.5. The fraction of sp³-hybridized carbons (Fsp3) is 0.316. The zero-order valence-electron chi connectivity index (χ0n) is 13.5. The van der Waals surface area contributed by atoms with Gasteiger partial charge in [0, 0.05) is 18.1 Å². The van der Waals surface area contributed by atoms with Gasteiger partial charge in [0.25, 0.3) is 0 Å². The van der Waals surface area contributed by atoms with Crippen molar-refractivity contribution in [3.05, 3.63) is 47.8 Å². The van der Waals surface area contributed by atoms with Crippen LogP contribution in [0.5, 0.6) is 0 Å². The van der Waals surface area contributed by atoms with E-state index in [9.17, 15) is 4.79 Å². The Hall–Kier alpha value is -2.67. The first kappa shape index (κ1) is 16.7. The highest BCUT2D eigenvalue weighted by molar-refractivity contribution is 5.88. The molecule has 0 aliphatic rings. The molecule has 1 heterocycles. The van der Waals surface area contributed by atoms with Crippen molar-refractivity contribution in [1.29, 1.82) is 0 Å². The smallest absolute Gasteiger partial charge is 0.357 e. The lowest BCUT2D eigenvalue weighted by Crippen LogP contribution is -2.09. The zero-order valence-corrected chi connectivity index (χ0v) is 13.5. The van der Waals surface area contributed by atoms with Crippen LogP contribution in [0.3, 0.4) is 0 Å². The van der Waals surface area contributed by atoms with Gasteiger partial charge in [-0.15, -0.1) is 0 Å². The van der Waals surface area contributed by atoms with E-state index in [2.05, 4.69) is 28.7 Å². The number of carbonyl (C=O) groups is 1. The average molecular weight is 308 g/mol. The molecule has 0 aliphatic carbocycles. The lowest BCUT2D eigenvalue weighted by molar-refractivity contribution is 0.0519. The Bertz CT molecular complexity index is 715. The molecule has 0 aliphatic heterocycles. The molecular formula is C19H20N2O2. The fourth-order valence-electron chi connectivity index (χ4n) is 1.96. The molecule has 0 saturated heterocycles. The van der Waals surface area contributed by atoms with Gasteiger partial charge < -0.3 is 4.74 Å². The third-order valence-electron chi connectivity index (χ3n) is 3.11. The van der Waals surface area contributed by atoms with E-state index in [0.29, 0.717) is 18.1 Å². The summed E-state index contributed by atoms with van der Waals surface area (Å²) in [5, 5.41) is 0. The van der Waals surface area contributed by atoms with Gasteiger partial charge in [0.15, 0.2) is 11.5 Å². The summed E-state index contributed by atoms with van der Waals surface area (Å²) in [5.41, 5.74) is 1.62. The first-order chi connectivity index (χ1) is 11.2. The topological polar surface area (TPSA) is 52.1 Å². The quantitative estimate of drug-likeness (QED) is 0.478. The van der Waals surface area contributed by atoms with Gasteiger partial charge in [-0.2, -0.15) is 0 Å². The first-order valence-corrected chi connectivity index (χ1v) is 7.85. The normalized spacial score (nSPS) is 9.83. The van der Waals surface area contributed by atoms with E-state index in [4.69, 9.17) is 4.74 Å². The molecule has 4 heteroatoms. The van der Waals surface area contributed by atoms with Gasteiger partial charge in [-0.25, -0.2) is 14.8 Å². The molecule has 0 atom stereocenters. The van der Waals surface area contributed by atoms with Crippen LogP contribution >= 0.6 is 0 Å². The van der Waals surface area contributed by atoms with Crippen molar-refractivity contribution in [2.24, 2.45) is 0 Å². The zero-order chi connectivity index (χ0) is 16.5. The summed E-state index contributed by atoms with van der Waals surface area (Å²) in [6.07, 6.45) is 2.96. The van der Waals surface area contributed by atoms with Crippen LogP contribution < -0.4 is 0 Å². The molecule has 0 spiro atoms. The minimum absolute atomic E-state index is 0.237. The van der Waals surface area contributed by atoms with E-state index in [1.54, 1.807) is 13.0 Å². The minimum atomic E-state index is -0.455. The van der Waals surface area contributed by atoms with Crippen LogP contribution in [-0.4, -0.2) is 22.5 Å². The van der Waals surface area contributed by atoms with Crippen molar-refractivity contribution >= 4 is 5.97 Å². The van der Waals surface area contributed by atoms with Gasteiger partial charge in [0.1, 0.15) is 5.69 Å². The lowest BCUT2D eigenvalue weighted by atomic mass is 10.2. The maximum Gasteiger partial charge on any atom is 0.357 e. The Kier molecular flexibility index (Phi) is 6.31. The lowest BCUT2D eigenvalue weighted by Gasteiger charge is -2.05. The first-order valence-electron chi connectivity index (χ1n) is 7.85. The second kappa shape index (κ2) is 8.70. The molecule has 2 rings (SSSR count). The molecule has 2 aromatic rings. The molecule has 4 nitrogen and oxygen atoms in total. The molecule has 0 N–H and O–H groups in total. The van der Waals surface area contributed by atoms with E-state index in [1.807, 2.05) is 30.3 Å². The van der Waals surface area contributed by atoms with Crippen molar-refractivity contribution < 1.29 is 9.53 Å². The Labute approximate surface area is 136 Å². The van der Waals surface area contributed by atoms with E-state index in [0.717, 1.165) is 24.8 Å². The minimum Gasteiger partial charge on any atom is -0.461 e. The number of ether oxygens (including phenoxy) is 1. The molecule has 0 bridgehead atoms. The molecular weight excluding hydrogens is 288 g/mol. The van der Waals surface area contributed by atoms with Crippen LogP contribution in [0.1, 0.15) is 49.3 Å². The Morgan fingerprint density at radius 3 is 2.65 bits per heavy atom. The van der Waals surface area contributed by atoms with Crippen molar-refractivity contribution in [3.8, 4) is 23.2 Å². The van der Waals surface area contributed by atoms with Crippen LogP contribution in [0.15, 0.2) is 36.4 Å². The van der Waals surface area contributed by atoms with E-state index in [1.165, 1.54) is 0 Å². The summed E-state index contributed by atoms with van der Waals surface area (Å²) in [5.74, 6) is 6.13. The fourth-order valence-corrected chi connectivity index (χ4v) is 1.96. The highest BCUT2D eigenvalue weighted by Crippen LogP contribution is 2.16. The number of carbonyl (C=O) groups excluding carboxylic acids is 1. The van der Waals surface area contributed by atoms with Gasteiger partial charge in [0.05, 0.1) is 6.61 Å². The third kappa shape index (κ3) is 4.93. The predicted molar refractivity (Wildman–Crippen MR) is 89.8 cm³/mol. The summed E-state index contributed by atoms with van der Waals surface area (Å²) in [6, 6.07) is 11.1. The monoisotopic (exact) mass is 308 g/mol. The van der Waals surface area contributed by atoms with Crippen molar-refractivity contribution in [2.45, 2.75) is 33.1 Å². The Morgan fingerprint density at radius 1 is 1.17 bits per heavy atom. The maximum absolute atomic E-state index is 12.0. The Balaban J connectivity index is 2.39. The molecule has 0 saturated carbocycles. The number of nitrogens with zero attached hydrogens (tertiary/aromatic N) is 2. The summed E-state index contributed by atoms with van der Waals surface area (Å²) in [6.45, 7) is 4.20. The van der Waals surface area contributed by atoms with Crippen molar-refractivity contribution in [3.63, 3.8) is 0 Å². The number of benzene rings is 1. The molecule has 1 aromatic heterocycles.